The number of hydrogen-bond acceptors (Lipinski definition) is 8. The van der Waals surface area contributed by atoms with Gasteiger partial charge in [0.2, 0.25) is 0 Å². The Hall–Kier alpha value is -4.18. The predicted octanol–water partition coefficient (Wildman–Crippen LogP) is 3.68. The molecule has 0 fully saturated rings. The molecular weight excluding hydrogens is 520 g/mol. The third-order valence-electron chi connectivity index (χ3n) is 6.23. The van der Waals surface area contributed by atoms with Crippen molar-refractivity contribution in [2.45, 2.75) is 39.7 Å². The lowest BCUT2D eigenvalue weighted by molar-refractivity contribution is -0.139. The SMILES string of the molecule is CCCCOc1ccc([C@@H]2C(C(=O)OCC)=C(C)N=c3s/c(=C/c4ccc(C(=O)O)cc4)c(=O)n32)cc1OC. The summed E-state index contributed by atoms with van der Waals surface area (Å²) in [6, 6.07) is 10.8. The summed E-state index contributed by atoms with van der Waals surface area (Å²) < 4.78 is 18.7. The second-order valence-corrected chi connectivity index (χ2v) is 9.85. The van der Waals surface area contributed by atoms with Gasteiger partial charge in [0.15, 0.2) is 16.3 Å². The zero-order valence-corrected chi connectivity index (χ0v) is 23.0. The first-order chi connectivity index (χ1) is 18.8. The van der Waals surface area contributed by atoms with E-state index in [0.29, 0.717) is 44.3 Å². The minimum Gasteiger partial charge on any atom is -0.493 e. The maximum absolute atomic E-state index is 13.8. The molecule has 0 saturated carbocycles. The zero-order valence-electron chi connectivity index (χ0n) is 22.2. The summed E-state index contributed by atoms with van der Waals surface area (Å²) >= 11 is 1.19. The fourth-order valence-electron chi connectivity index (χ4n) is 4.28. The number of hydrogen-bond donors (Lipinski definition) is 1. The van der Waals surface area contributed by atoms with E-state index in [2.05, 4.69) is 11.9 Å². The largest absolute Gasteiger partial charge is 0.493 e. The standard InChI is InChI=1S/C29H30N2O7S/c1-5-7-14-38-21-13-12-20(16-22(21)36-4)25-24(28(35)37-6-2)17(3)30-29-31(25)26(32)23(39-29)15-18-8-10-19(11-9-18)27(33)34/h8-13,15-16,25H,5-7,14H2,1-4H3,(H,33,34)/b23-15+/t25-/m1/s1. The van der Waals surface area contributed by atoms with Crippen LogP contribution in [-0.2, 0) is 9.53 Å². The van der Waals surface area contributed by atoms with Crippen LogP contribution in [0.15, 0.2) is 63.5 Å². The Balaban J connectivity index is 1.87. The molecule has 0 bridgehead atoms. The van der Waals surface area contributed by atoms with Crippen LogP contribution < -0.4 is 24.4 Å². The number of carbonyl (C=O) groups is 2. The van der Waals surface area contributed by atoms with Crippen LogP contribution >= 0.6 is 11.3 Å². The van der Waals surface area contributed by atoms with Gasteiger partial charge in [-0.05, 0) is 61.7 Å². The van der Waals surface area contributed by atoms with E-state index in [1.165, 1.54) is 28.0 Å². The van der Waals surface area contributed by atoms with Crippen molar-refractivity contribution in [2.75, 3.05) is 20.3 Å². The molecule has 0 aliphatic carbocycles. The van der Waals surface area contributed by atoms with Crippen molar-refractivity contribution in [3.63, 3.8) is 0 Å². The number of carboxylic acids is 1. The number of allylic oxidation sites excluding steroid dienone is 1. The molecule has 0 radical (unpaired) electrons. The van der Waals surface area contributed by atoms with Crippen LogP contribution in [0.2, 0.25) is 0 Å². The molecule has 0 saturated heterocycles. The van der Waals surface area contributed by atoms with Crippen molar-refractivity contribution in [2.24, 2.45) is 4.99 Å². The Labute approximate surface area is 229 Å². The first-order valence-electron chi connectivity index (χ1n) is 12.6. The van der Waals surface area contributed by atoms with Gasteiger partial charge in [-0.3, -0.25) is 9.36 Å². The molecule has 1 atom stereocenters. The van der Waals surface area contributed by atoms with Crippen LogP contribution in [-0.4, -0.2) is 41.9 Å². The third kappa shape index (κ3) is 5.80. The molecule has 1 aliphatic heterocycles. The van der Waals surface area contributed by atoms with Gasteiger partial charge in [0.1, 0.15) is 0 Å². The Kier molecular flexibility index (Phi) is 8.65. The second kappa shape index (κ2) is 12.1. The van der Waals surface area contributed by atoms with Crippen LogP contribution in [0, 0.1) is 0 Å². The first kappa shape index (κ1) is 27.8. The lowest BCUT2D eigenvalue weighted by atomic mass is 9.95. The maximum atomic E-state index is 13.8. The van der Waals surface area contributed by atoms with Gasteiger partial charge >= 0.3 is 11.9 Å². The molecule has 0 unspecified atom stereocenters. The minimum absolute atomic E-state index is 0.152. The number of fused-ring (bicyclic) bond motifs is 1. The lowest BCUT2D eigenvalue weighted by Gasteiger charge is -2.25. The summed E-state index contributed by atoms with van der Waals surface area (Å²) in [5, 5.41) is 9.17. The van der Waals surface area contributed by atoms with E-state index in [-0.39, 0.29) is 23.3 Å². The number of unbranched alkanes of at least 4 members (excludes halogenated alkanes) is 1. The fourth-order valence-corrected chi connectivity index (χ4v) is 5.33. The van der Waals surface area contributed by atoms with Crippen LogP contribution in [0.25, 0.3) is 6.08 Å². The van der Waals surface area contributed by atoms with Crippen molar-refractivity contribution < 1.29 is 28.9 Å². The number of benzene rings is 2. The van der Waals surface area contributed by atoms with Crippen LogP contribution in [0.1, 0.15) is 61.1 Å². The Morgan fingerprint density at radius 2 is 1.87 bits per heavy atom. The zero-order chi connectivity index (χ0) is 28.1. The molecule has 0 spiro atoms. The number of methoxy groups -OCH3 is 1. The van der Waals surface area contributed by atoms with Crippen molar-refractivity contribution in [3.05, 3.63) is 90.1 Å². The molecule has 204 valence electrons. The van der Waals surface area contributed by atoms with E-state index >= 15 is 0 Å². The van der Waals surface area contributed by atoms with E-state index in [1.807, 2.05) is 6.07 Å². The summed E-state index contributed by atoms with van der Waals surface area (Å²) in [4.78, 5) is 43.1. The molecule has 1 aliphatic rings. The molecule has 2 aromatic carbocycles. The van der Waals surface area contributed by atoms with Gasteiger partial charge in [0.25, 0.3) is 5.56 Å². The molecule has 9 nitrogen and oxygen atoms in total. The molecule has 1 N–H and O–H groups in total. The highest BCUT2D eigenvalue weighted by Gasteiger charge is 2.34. The number of nitrogens with zero attached hydrogens (tertiary/aromatic N) is 2. The molecule has 2 heterocycles. The number of carbonyl (C=O) groups excluding carboxylic acids is 1. The fraction of sp³-hybridized carbons (Fsp3) is 0.310. The highest BCUT2D eigenvalue weighted by Crippen LogP contribution is 2.36. The first-order valence-corrected chi connectivity index (χ1v) is 13.4. The molecule has 3 aromatic rings. The Morgan fingerprint density at radius 1 is 1.13 bits per heavy atom. The molecular formula is C29H30N2O7S. The predicted molar refractivity (Wildman–Crippen MR) is 147 cm³/mol. The second-order valence-electron chi connectivity index (χ2n) is 8.84. The number of carboxylic acid groups (broad SMARTS) is 1. The Bertz CT molecular complexity index is 1600. The smallest absolute Gasteiger partial charge is 0.338 e. The highest BCUT2D eigenvalue weighted by atomic mass is 32.1. The van der Waals surface area contributed by atoms with E-state index in [4.69, 9.17) is 19.3 Å². The van der Waals surface area contributed by atoms with E-state index in [0.717, 1.165) is 12.8 Å². The molecule has 0 amide bonds. The van der Waals surface area contributed by atoms with Crippen molar-refractivity contribution >= 4 is 29.4 Å². The number of aromatic nitrogens is 1. The molecule has 10 heteroatoms. The van der Waals surface area contributed by atoms with Gasteiger partial charge in [0, 0.05) is 0 Å². The van der Waals surface area contributed by atoms with Crippen LogP contribution in [0.3, 0.4) is 0 Å². The summed E-state index contributed by atoms with van der Waals surface area (Å²) in [5.74, 6) is -0.517. The number of ether oxygens (including phenoxy) is 3. The van der Waals surface area contributed by atoms with Crippen LogP contribution in [0.4, 0.5) is 0 Å². The Morgan fingerprint density at radius 3 is 2.51 bits per heavy atom. The van der Waals surface area contributed by atoms with Crippen molar-refractivity contribution in [1.82, 2.24) is 4.57 Å². The summed E-state index contributed by atoms with van der Waals surface area (Å²) in [6.45, 7) is 6.24. The third-order valence-corrected chi connectivity index (χ3v) is 7.21. The number of rotatable bonds is 10. The van der Waals surface area contributed by atoms with Gasteiger partial charge in [-0.1, -0.05) is 42.9 Å². The minimum atomic E-state index is -1.03. The topological polar surface area (TPSA) is 116 Å². The lowest BCUT2D eigenvalue weighted by Crippen LogP contribution is -2.40. The van der Waals surface area contributed by atoms with E-state index in [1.54, 1.807) is 51.3 Å². The van der Waals surface area contributed by atoms with E-state index in [9.17, 15) is 14.4 Å². The highest BCUT2D eigenvalue weighted by molar-refractivity contribution is 7.07. The molecule has 1 aromatic heterocycles. The van der Waals surface area contributed by atoms with Crippen molar-refractivity contribution in [3.8, 4) is 11.5 Å². The monoisotopic (exact) mass is 550 g/mol. The summed E-state index contributed by atoms with van der Waals surface area (Å²) in [5.41, 5.74) is 1.86. The van der Waals surface area contributed by atoms with Crippen LogP contribution in [0.5, 0.6) is 11.5 Å². The molecule has 39 heavy (non-hydrogen) atoms. The quantitative estimate of drug-likeness (QED) is 0.302. The number of esters is 1. The molecule has 4 rings (SSSR count). The summed E-state index contributed by atoms with van der Waals surface area (Å²) in [6.07, 6.45) is 3.57. The van der Waals surface area contributed by atoms with Gasteiger partial charge in [-0.15, -0.1) is 0 Å². The van der Waals surface area contributed by atoms with Gasteiger partial charge in [0.05, 0.1) is 47.7 Å². The maximum Gasteiger partial charge on any atom is 0.338 e. The number of aromatic carboxylic acids is 1. The van der Waals surface area contributed by atoms with Gasteiger partial charge in [-0.2, -0.15) is 0 Å². The number of thiazole rings is 1. The van der Waals surface area contributed by atoms with E-state index < -0.39 is 18.0 Å². The van der Waals surface area contributed by atoms with Gasteiger partial charge in [-0.25, -0.2) is 14.6 Å². The summed E-state index contributed by atoms with van der Waals surface area (Å²) in [7, 11) is 1.54. The average molecular weight is 551 g/mol. The van der Waals surface area contributed by atoms with Crippen molar-refractivity contribution in [1.29, 1.82) is 0 Å². The van der Waals surface area contributed by atoms with Gasteiger partial charge < -0.3 is 19.3 Å². The normalized spacial score (nSPS) is 15.0. The average Bonchev–Trinajstić information content (AvgIpc) is 3.22.